The summed E-state index contributed by atoms with van der Waals surface area (Å²) < 4.78 is 6.22. The van der Waals surface area contributed by atoms with Crippen LogP contribution in [0, 0.1) is 11.3 Å². The molecular weight excluding hydrogens is 286 g/mol. The third kappa shape index (κ3) is 2.69. The number of hydrogen-bond acceptors (Lipinski definition) is 3. The fraction of sp³-hybridized carbons (Fsp3) is 0.0833. The Kier molecular flexibility index (Phi) is 3.70. The molecule has 0 aliphatic carbocycles. The highest BCUT2D eigenvalue weighted by Crippen LogP contribution is 2.28. The molecule has 0 N–H and O–H groups in total. The molecule has 1 aromatic carbocycles. The largest absolute Gasteiger partial charge is 0.468 e. The second-order valence-corrected chi connectivity index (χ2v) is 5.05. The molecule has 1 heterocycles. The van der Waals surface area contributed by atoms with Crippen molar-refractivity contribution in [1.29, 1.82) is 5.26 Å². The molecule has 1 aromatic heterocycles. The van der Waals surface area contributed by atoms with Crippen molar-refractivity contribution in [2.75, 3.05) is 0 Å². The lowest BCUT2D eigenvalue weighted by Crippen LogP contribution is -1.82. The van der Waals surface area contributed by atoms with Crippen LogP contribution >= 0.6 is 27.7 Å². The summed E-state index contributed by atoms with van der Waals surface area (Å²) in [6.07, 6.45) is 1.65. The van der Waals surface area contributed by atoms with E-state index in [4.69, 9.17) is 9.68 Å². The van der Waals surface area contributed by atoms with Gasteiger partial charge in [-0.15, -0.1) is 11.8 Å². The molecule has 0 saturated heterocycles. The van der Waals surface area contributed by atoms with Crippen molar-refractivity contribution >= 4 is 27.7 Å². The van der Waals surface area contributed by atoms with Gasteiger partial charge in [-0.2, -0.15) is 5.26 Å². The maximum absolute atomic E-state index is 8.96. The number of hydrogen-bond donors (Lipinski definition) is 0. The molecule has 0 aliphatic rings. The van der Waals surface area contributed by atoms with Crippen LogP contribution in [0.15, 0.2) is 50.4 Å². The second-order valence-electron chi connectivity index (χ2n) is 3.12. The molecule has 4 heteroatoms. The molecule has 0 spiro atoms. The summed E-state index contributed by atoms with van der Waals surface area (Å²) in [5, 5.41) is 8.96. The van der Waals surface area contributed by atoms with Gasteiger partial charge in [-0.1, -0.05) is 15.9 Å². The first-order valence-corrected chi connectivity index (χ1v) is 6.42. The lowest BCUT2D eigenvalue weighted by Gasteiger charge is -2.02. The Bertz CT molecular complexity index is 516. The summed E-state index contributed by atoms with van der Waals surface area (Å²) in [4.78, 5) is 0.966. The summed E-state index contributed by atoms with van der Waals surface area (Å²) >= 11 is 5.00. The highest BCUT2D eigenvalue weighted by Gasteiger charge is 2.05. The Morgan fingerprint density at radius 3 is 2.94 bits per heavy atom. The second kappa shape index (κ2) is 5.24. The fourth-order valence-electron chi connectivity index (χ4n) is 1.25. The van der Waals surface area contributed by atoms with Gasteiger partial charge in [-0.05, 0) is 30.3 Å². The van der Waals surface area contributed by atoms with E-state index in [1.54, 1.807) is 18.0 Å². The molecule has 0 saturated carbocycles. The Morgan fingerprint density at radius 1 is 1.38 bits per heavy atom. The van der Waals surface area contributed by atoms with Gasteiger partial charge in [0.25, 0.3) is 0 Å². The van der Waals surface area contributed by atoms with Crippen LogP contribution in [0.25, 0.3) is 0 Å². The molecule has 0 atom stereocenters. The third-order valence-corrected chi connectivity index (χ3v) is 3.59. The molecule has 0 unspecified atom stereocenters. The zero-order chi connectivity index (χ0) is 11.4. The first-order valence-electron chi connectivity index (χ1n) is 4.64. The van der Waals surface area contributed by atoms with Gasteiger partial charge in [0, 0.05) is 9.37 Å². The maximum atomic E-state index is 8.96. The van der Waals surface area contributed by atoms with Gasteiger partial charge in [0.05, 0.1) is 17.6 Å². The predicted octanol–water partition coefficient (Wildman–Crippen LogP) is 4.21. The molecule has 16 heavy (non-hydrogen) atoms. The van der Waals surface area contributed by atoms with Crippen molar-refractivity contribution < 1.29 is 4.42 Å². The van der Waals surface area contributed by atoms with Crippen LogP contribution in [0.4, 0.5) is 0 Å². The monoisotopic (exact) mass is 293 g/mol. The standard InChI is InChI=1S/C12H8BrNOS/c13-10-4-3-9(7-14)12(6-10)16-8-11-2-1-5-15-11/h1-6H,8H2. The van der Waals surface area contributed by atoms with E-state index in [0.717, 1.165) is 20.9 Å². The van der Waals surface area contributed by atoms with Crippen LogP contribution < -0.4 is 0 Å². The normalized spacial score (nSPS) is 10.0. The molecular formula is C12H8BrNOS. The number of nitrogens with zero attached hydrogens (tertiary/aromatic N) is 1. The quantitative estimate of drug-likeness (QED) is 0.796. The van der Waals surface area contributed by atoms with Gasteiger partial charge < -0.3 is 4.42 Å². The Hall–Kier alpha value is -1.18. The first-order chi connectivity index (χ1) is 7.79. The van der Waals surface area contributed by atoms with Crippen molar-refractivity contribution in [3.05, 3.63) is 52.4 Å². The molecule has 0 bridgehead atoms. The minimum Gasteiger partial charge on any atom is -0.468 e. The number of rotatable bonds is 3. The van der Waals surface area contributed by atoms with E-state index in [1.165, 1.54) is 0 Å². The van der Waals surface area contributed by atoms with Gasteiger partial charge in [-0.3, -0.25) is 0 Å². The highest BCUT2D eigenvalue weighted by molar-refractivity contribution is 9.10. The minimum absolute atomic E-state index is 0.694. The average molecular weight is 294 g/mol. The van der Waals surface area contributed by atoms with E-state index >= 15 is 0 Å². The summed E-state index contributed by atoms with van der Waals surface area (Å²) in [5.41, 5.74) is 0.694. The van der Waals surface area contributed by atoms with Crippen molar-refractivity contribution in [2.24, 2.45) is 0 Å². The lowest BCUT2D eigenvalue weighted by atomic mass is 10.2. The van der Waals surface area contributed by atoms with Crippen LogP contribution in [-0.4, -0.2) is 0 Å². The van der Waals surface area contributed by atoms with Crippen molar-refractivity contribution in [2.45, 2.75) is 10.6 Å². The summed E-state index contributed by atoms with van der Waals surface area (Å²) in [7, 11) is 0. The van der Waals surface area contributed by atoms with E-state index in [-0.39, 0.29) is 0 Å². The van der Waals surface area contributed by atoms with Gasteiger partial charge in [0.2, 0.25) is 0 Å². The van der Waals surface area contributed by atoms with Crippen LogP contribution in [0.3, 0.4) is 0 Å². The van der Waals surface area contributed by atoms with E-state index < -0.39 is 0 Å². The highest BCUT2D eigenvalue weighted by atomic mass is 79.9. The molecule has 0 amide bonds. The molecule has 0 aliphatic heterocycles. The molecule has 2 nitrogen and oxygen atoms in total. The summed E-state index contributed by atoms with van der Waals surface area (Å²) in [6.45, 7) is 0. The van der Waals surface area contributed by atoms with Gasteiger partial charge in [0.1, 0.15) is 11.8 Å². The number of furan rings is 1. The number of thioether (sulfide) groups is 1. The Balaban J connectivity index is 2.15. The number of halogens is 1. The SMILES string of the molecule is N#Cc1ccc(Br)cc1SCc1ccco1. The number of benzene rings is 1. The van der Waals surface area contributed by atoms with E-state index in [0.29, 0.717) is 5.56 Å². The lowest BCUT2D eigenvalue weighted by molar-refractivity contribution is 0.530. The molecule has 0 radical (unpaired) electrons. The van der Waals surface area contributed by atoms with Crippen LogP contribution in [-0.2, 0) is 5.75 Å². The summed E-state index contributed by atoms with van der Waals surface area (Å²) in [6, 6.07) is 11.6. The zero-order valence-electron chi connectivity index (χ0n) is 8.31. The molecule has 0 fully saturated rings. The van der Waals surface area contributed by atoms with Gasteiger partial charge >= 0.3 is 0 Å². The molecule has 2 rings (SSSR count). The van der Waals surface area contributed by atoms with Gasteiger partial charge in [-0.25, -0.2) is 0 Å². The van der Waals surface area contributed by atoms with E-state index in [2.05, 4.69) is 22.0 Å². The Morgan fingerprint density at radius 2 is 2.25 bits per heavy atom. The van der Waals surface area contributed by atoms with Crippen molar-refractivity contribution in [3.8, 4) is 6.07 Å². The van der Waals surface area contributed by atoms with E-state index in [1.807, 2.05) is 30.3 Å². The molecule has 2 aromatic rings. The first kappa shape index (κ1) is 11.3. The minimum atomic E-state index is 0.694. The predicted molar refractivity (Wildman–Crippen MR) is 67.1 cm³/mol. The van der Waals surface area contributed by atoms with E-state index in [9.17, 15) is 0 Å². The smallest absolute Gasteiger partial charge is 0.113 e. The van der Waals surface area contributed by atoms with Crippen molar-refractivity contribution in [3.63, 3.8) is 0 Å². The third-order valence-electron chi connectivity index (χ3n) is 2.01. The van der Waals surface area contributed by atoms with Crippen LogP contribution in [0.5, 0.6) is 0 Å². The van der Waals surface area contributed by atoms with Crippen LogP contribution in [0.2, 0.25) is 0 Å². The van der Waals surface area contributed by atoms with Crippen molar-refractivity contribution in [1.82, 2.24) is 0 Å². The topological polar surface area (TPSA) is 36.9 Å². The average Bonchev–Trinajstić information content (AvgIpc) is 2.79. The van der Waals surface area contributed by atoms with Gasteiger partial charge in [0.15, 0.2) is 0 Å². The zero-order valence-corrected chi connectivity index (χ0v) is 10.7. The maximum Gasteiger partial charge on any atom is 0.113 e. The Labute approximate surface area is 106 Å². The fourth-order valence-corrected chi connectivity index (χ4v) is 2.71. The van der Waals surface area contributed by atoms with Crippen LogP contribution in [0.1, 0.15) is 11.3 Å². The molecule has 80 valence electrons. The summed E-state index contributed by atoms with van der Waals surface area (Å²) in [5.74, 6) is 1.65. The number of nitriles is 1.